The second-order valence-electron chi connectivity index (χ2n) is 5.90. The van der Waals surface area contributed by atoms with Gasteiger partial charge in [-0.2, -0.15) is 0 Å². The molecule has 2 aliphatic heterocycles. The van der Waals surface area contributed by atoms with Crippen molar-refractivity contribution in [2.75, 3.05) is 32.7 Å². The molecular formula is C14H27N3O. The average Bonchev–Trinajstić information content (AvgIpc) is 2.37. The van der Waals surface area contributed by atoms with E-state index in [1.54, 1.807) is 0 Å². The van der Waals surface area contributed by atoms with Crippen LogP contribution in [-0.2, 0) is 4.79 Å². The minimum Gasteiger partial charge on any atom is -0.339 e. The zero-order chi connectivity index (χ0) is 13.1. The van der Waals surface area contributed by atoms with Crippen LogP contribution in [0.15, 0.2) is 0 Å². The summed E-state index contributed by atoms with van der Waals surface area (Å²) in [5, 5.41) is 3.38. The Hall–Kier alpha value is -0.610. The summed E-state index contributed by atoms with van der Waals surface area (Å²) in [5.41, 5.74) is 0. The summed E-state index contributed by atoms with van der Waals surface area (Å²) in [5.74, 6) is 0.999. The van der Waals surface area contributed by atoms with Gasteiger partial charge in [0.1, 0.15) is 0 Å². The molecule has 0 saturated carbocycles. The molecule has 0 aliphatic carbocycles. The van der Waals surface area contributed by atoms with E-state index in [4.69, 9.17) is 0 Å². The molecular weight excluding hydrogens is 226 g/mol. The first-order valence-corrected chi connectivity index (χ1v) is 7.38. The lowest BCUT2D eigenvalue weighted by Gasteiger charge is -2.41. The first kappa shape index (κ1) is 13.8. The molecule has 18 heavy (non-hydrogen) atoms. The van der Waals surface area contributed by atoms with E-state index < -0.39 is 0 Å². The molecule has 1 N–H and O–H groups in total. The van der Waals surface area contributed by atoms with E-state index in [1.807, 2.05) is 0 Å². The van der Waals surface area contributed by atoms with Gasteiger partial charge in [-0.15, -0.1) is 0 Å². The predicted octanol–water partition coefficient (Wildman–Crippen LogP) is 0.927. The van der Waals surface area contributed by atoms with Crippen LogP contribution in [0.5, 0.6) is 0 Å². The fourth-order valence-corrected chi connectivity index (χ4v) is 3.18. The molecule has 2 rings (SSSR count). The second kappa shape index (κ2) is 6.02. The minimum atomic E-state index is 0.0640. The average molecular weight is 253 g/mol. The number of amides is 1. The molecule has 0 radical (unpaired) electrons. The molecule has 1 amide bonds. The fraction of sp³-hybridized carbons (Fsp3) is 0.929. The van der Waals surface area contributed by atoms with Crippen molar-refractivity contribution < 1.29 is 4.79 Å². The monoisotopic (exact) mass is 253 g/mol. The van der Waals surface area contributed by atoms with Gasteiger partial charge >= 0.3 is 0 Å². The molecule has 0 bridgehead atoms. The maximum Gasteiger partial charge on any atom is 0.239 e. The second-order valence-corrected chi connectivity index (χ2v) is 5.90. The van der Waals surface area contributed by atoms with Crippen molar-refractivity contribution in [3.8, 4) is 0 Å². The van der Waals surface area contributed by atoms with Gasteiger partial charge in [0.25, 0.3) is 0 Å². The Kier molecular flexibility index (Phi) is 4.62. The number of carbonyl (C=O) groups is 1. The highest BCUT2D eigenvalue weighted by Gasteiger charge is 2.32. The summed E-state index contributed by atoms with van der Waals surface area (Å²) in [6.07, 6.45) is 2.20. The van der Waals surface area contributed by atoms with Crippen LogP contribution in [-0.4, -0.2) is 60.5 Å². The topological polar surface area (TPSA) is 35.6 Å². The van der Waals surface area contributed by atoms with Crippen LogP contribution in [0.25, 0.3) is 0 Å². The third-order valence-corrected chi connectivity index (χ3v) is 4.45. The highest BCUT2D eigenvalue weighted by Crippen LogP contribution is 2.18. The summed E-state index contributed by atoms with van der Waals surface area (Å²) in [6.45, 7) is 11.5. The zero-order valence-corrected chi connectivity index (χ0v) is 12.0. The molecule has 0 aromatic carbocycles. The van der Waals surface area contributed by atoms with E-state index in [1.165, 1.54) is 6.42 Å². The molecule has 0 aromatic rings. The van der Waals surface area contributed by atoms with Crippen molar-refractivity contribution in [1.82, 2.24) is 15.1 Å². The van der Waals surface area contributed by atoms with E-state index in [-0.39, 0.29) is 6.04 Å². The summed E-state index contributed by atoms with van der Waals surface area (Å²) in [6, 6.07) is 0.558. The van der Waals surface area contributed by atoms with Crippen molar-refractivity contribution >= 4 is 5.91 Å². The molecule has 3 unspecified atom stereocenters. The summed E-state index contributed by atoms with van der Waals surface area (Å²) < 4.78 is 0. The molecule has 2 saturated heterocycles. The van der Waals surface area contributed by atoms with E-state index in [0.29, 0.717) is 17.9 Å². The van der Waals surface area contributed by atoms with Crippen LogP contribution >= 0.6 is 0 Å². The first-order chi connectivity index (χ1) is 8.61. The SMILES string of the molecule is CCN1CCN(C(=O)C2CC(C)CCN2)CC1C. The number of piperidine rings is 1. The van der Waals surface area contributed by atoms with Gasteiger partial charge in [0.2, 0.25) is 5.91 Å². The Morgan fingerprint density at radius 1 is 1.33 bits per heavy atom. The van der Waals surface area contributed by atoms with Crippen LogP contribution in [0.1, 0.15) is 33.6 Å². The third kappa shape index (κ3) is 3.04. The lowest BCUT2D eigenvalue weighted by molar-refractivity contribution is -0.137. The number of likely N-dealkylation sites (N-methyl/N-ethyl adjacent to an activating group) is 1. The first-order valence-electron chi connectivity index (χ1n) is 7.38. The molecule has 0 spiro atoms. The Morgan fingerprint density at radius 3 is 2.72 bits per heavy atom. The van der Waals surface area contributed by atoms with Crippen molar-refractivity contribution in [3.05, 3.63) is 0 Å². The highest BCUT2D eigenvalue weighted by molar-refractivity contribution is 5.82. The van der Waals surface area contributed by atoms with Crippen molar-refractivity contribution in [1.29, 1.82) is 0 Å². The maximum atomic E-state index is 12.5. The minimum absolute atomic E-state index is 0.0640. The largest absolute Gasteiger partial charge is 0.339 e. The van der Waals surface area contributed by atoms with Gasteiger partial charge in [0.15, 0.2) is 0 Å². The number of carbonyl (C=O) groups excluding carboxylic acids is 1. The zero-order valence-electron chi connectivity index (χ0n) is 12.0. The molecule has 0 aromatic heterocycles. The number of piperazine rings is 1. The Morgan fingerprint density at radius 2 is 2.11 bits per heavy atom. The molecule has 4 heteroatoms. The Bertz CT molecular complexity index is 295. The Labute approximate surface area is 111 Å². The van der Waals surface area contributed by atoms with Crippen LogP contribution in [0.2, 0.25) is 0 Å². The number of hydrogen-bond acceptors (Lipinski definition) is 3. The van der Waals surface area contributed by atoms with Gasteiger partial charge in [-0.1, -0.05) is 13.8 Å². The Balaban J connectivity index is 1.89. The standard InChI is InChI=1S/C14H27N3O/c1-4-16-7-8-17(10-12(16)3)14(18)13-9-11(2)5-6-15-13/h11-13,15H,4-10H2,1-3H3. The van der Waals surface area contributed by atoms with Crippen LogP contribution in [0, 0.1) is 5.92 Å². The van der Waals surface area contributed by atoms with Gasteiger partial charge < -0.3 is 10.2 Å². The third-order valence-electron chi connectivity index (χ3n) is 4.45. The predicted molar refractivity (Wildman–Crippen MR) is 73.5 cm³/mol. The van der Waals surface area contributed by atoms with Gasteiger partial charge in [0.05, 0.1) is 6.04 Å². The smallest absolute Gasteiger partial charge is 0.239 e. The normalized spacial score (nSPS) is 34.6. The van der Waals surface area contributed by atoms with Crippen molar-refractivity contribution in [2.24, 2.45) is 5.92 Å². The number of hydrogen-bond donors (Lipinski definition) is 1. The van der Waals surface area contributed by atoms with Gasteiger partial charge in [-0.3, -0.25) is 9.69 Å². The van der Waals surface area contributed by atoms with Crippen LogP contribution < -0.4 is 5.32 Å². The molecule has 3 atom stereocenters. The fourth-order valence-electron chi connectivity index (χ4n) is 3.18. The lowest BCUT2D eigenvalue weighted by Crippen LogP contribution is -2.58. The van der Waals surface area contributed by atoms with Gasteiger partial charge in [0, 0.05) is 25.7 Å². The summed E-state index contributed by atoms with van der Waals surface area (Å²) in [7, 11) is 0. The summed E-state index contributed by atoms with van der Waals surface area (Å²) >= 11 is 0. The number of nitrogens with one attached hydrogen (secondary N) is 1. The van der Waals surface area contributed by atoms with E-state index in [0.717, 1.165) is 39.1 Å². The molecule has 2 fully saturated rings. The van der Waals surface area contributed by atoms with Gasteiger partial charge in [-0.05, 0) is 38.8 Å². The van der Waals surface area contributed by atoms with Crippen molar-refractivity contribution in [2.45, 2.75) is 45.7 Å². The van der Waals surface area contributed by atoms with E-state index >= 15 is 0 Å². The van der Waals surface area contributed by atoms with Crippen LogP contribution in [0.4, 0.5) is 0 Å². The quantitative estimate of drug-likeness (QED) is 0.795. The lowest BCUT2D eigenvalue weighted by atomic mass is 9.93. The number of nitrogens with zero attached hydrogens (tertiary/aromatic N) is 2. The number of rotatable bonds is 2. The van der Waals surface area contributed by atoms with Crippen LogP contribution in [0.3, 0.4) is 0 Å². The van der Waals surface area contributed by atoms with Crippen molar-refractivity contribution in [3.63, 3.8) is 0 Å². The van der Waals surface area contributed by atoms with E-state index in [9.17, 15) is 4.79 Å². The van der Waals surface area contributed by atoms with Gasteiger partial charge in [-0.25, -0.2) is 0 Å². The summed E-state index contributed by atoms with van der Waals surface area (Å²) in [4.78, 5) is 17.0. The molecule has 2 aliphatic rings. The highest BCUT2D eigenvalue weighted by atomic mass is 16.2. The molecule has 4 nitrogen and oxygen atoms in total. The molecule has 2 heterocycles. The maximum absolute atomic E-state index is 12.5. The molecule has 104 valence electrons. The van der Waals surface area contributed by atoms with E-state index in [2.05, 4.69) is 35.9 Å².